The molecule has 1 aromatic carbocycles. The van der Waals surface area contributed by atoms with E-state index in [1.807, 2.05) is 0 Å². The number of aliphatic hydroxyl groups is 1. The molecule has 3 N–H and O–H groups in total. The Kier molecular flexibility index (Phi) is 6.18. The fourth-order valence-electron chi connectivity index (χ4n) is 4.72. The van der Waals surface area contributed by atoms with Gasteiger partial charge in [-0.1, -0.05) is 23.8 Å². The van der Waals surface area contributed by atoms with E-state index in [2.05, 4.69) is 20.3 Å². The second-order valence-electron chi connectivity index (χ2n) is 8.83. The van der Waals surface area contributed by atoms with E-state index >= 15 is 0 Å². The third-order valence-corrected chi connectivity index (χ3v) is 6.69. The molecule has 2 fully saturated rings. The van der Waals surface area contributed by atoms with Crippen LogP contribution in [0.15, 0.2) is 24.3 Å². The Hall–Kier alpha value is -2.96. The summed E-state index contributed by atoms with van der Waals surface area (Å²) >= 11 is 6.48. The molecule has 1 unspecified atom stereocenters. The Morgan fingerprint density at radius 3 is 2.94 bits per heavy atom. The largest absolute Gasteiger partial charge is 0.491 e. The van der Waals surface area contributed by atoms with Gasteiger partial charge in [-0.15, -0.1) is 0 Å². The summed E-state index contributed by atoms with van der Waals surface area (Å²) in [5, 5.41) is 13.4. The number of halogens is 2. The molecule has 2 saturated heterocycles. The van der Waals surface area contributed by atoms with Gasteiger partial charge in [0.05, 0.1) is 42.0 Å². The van der Waals surface area contributed by atoms with Gasteiger partial charge in [0, 0.05) is 7.11 Å². The Bertz CT molecular complexity index is 1320. The average Bonchev–Trinajstić information content (AvgIpc) is 3.61. The zero-order chi connectivity index (χ0) is 24.8. The van der Waals surface area contributed by atoms with E-state index in [-0.39, 0.29) is 37.8 Å². The summed E-state index contributed by atoms with van der Waals surface area (Å²) < 4.78 is 42.8. The van der Waals surface area contributed by atoms with Gasteiger partial charge < -0.3 is 39.1 Å². The molecule has 0 aliphatic carbocycles. The van der Waals surface area contributed by atoms with Crippen LogP contribution in [-0.4, -0.2) is 78.0 Å². The van der Waals surface area contributed by atoms with Crippen molar-refractivity contribution in [3.05, 3.63) is 46.2 Å². The van der Waals surface area contributed by atoms with E-state index in [0.29, 0.717) is 45.5 Å². The van der Waals surface area contributed by atoms with Crippen molar-refractivity contribution in [1.82, 2.24) is 15.0 Å². The Morgan fingerprint density at radius 1 is 1.22 bits per heavy atom. The molecule has 10 nitrogen and oxygen atoms in total. The van der Waals surface area contributed by atoms with E-state index < -0.39 is 24.4 Å². The lowest BCUT2D eigenvalue weighted by Crippen LogP contribution is -2.34. The van der Waals surface area contributed by atoms with Crippen LogP contribution in [0.4, 0.5) is 10.2 Å². The molecule has 12 heteroatoms. The summed E-state index contributed by atoms with van der Waals surface area (Å²) in [7, 11) is 1.59. The summed E-state index contributed by atoms with van der Waals surface area (Å²) in [4.78, 5) is 12.0. The van der Waals surface area contributed by atoms with Gasteiger partial charge in [0.15, 0.2) is 11.8 Å². The summed E-state index contributed by atoms with van der Waals surface area (Å²) in [6, 6.07) is 4.67. The van der Waals surface area contributed by atoms with E-state index in [0.717, 1.165) is 0 Å². The first-order valence-electron chi connectivity index (χ1n) is 11.5. The number of pyridine rings is 1. The molecule has 190 valence electrons. The number of imidazole rings is 1. The molecule has 6 rings (SSSR count). The number of fused-ring (bicyclic) bond motifs is 3. The third kappa shape index (κ3) is 4.27. The molecule has 0 saturated carbocycles. The highest BCUT2D eigenvalue weighted by Crippen LogP contribution is 2.39. The Labute approximate surface area is 210 Å². The monoisotopic (exact) mass is 518 g/mol. The maximum Gasteiger partial charge on any atom is 0.296 e. The number of benzene rings is 1. The van der Waals surface area contributed by atoms with Gasteiger partial charge in [-0.2, -0.15) is 4.98 Å². The summed E-state index contributed by atoms with van der Waals surface area (Å²) in [6.07, 6.45) is 1.73. The van der Waals surface area contributed by atoms with Crippen LogP contribution in [0.25, 0.3) is 17.2 Å². The molecule has 3 aliphatic rings. The van der Waals surface area contributed by atoms with Crippen molar-refractivity contribution < 1.29 is 33.2 Å². The lowest BCUT2D eigenvalue weighted by atomic mass is 10.0. The van der Waals surface area contributed by atoms with Crippen LogP contribution >= 0.6 is 11.6 Å². The lowest BCUT2D eigenvalue weighted by molar-refractivity contribution is 0.00706. The van der Waals surface area contributed by atoms with Gasteiger partial charge in [-0.3, -0.25) is 0 Å². The molecule has 5 heterocycles. The van der Waals surface area contributed by atoms with Crippen LogP contribution in [0, 0.1) is 5.82 Å². The maximum absolute atomic E-state index is 15.0. The first kappa shape index (κ1) is 23.4. The molecular formula is C24H24ClFN4O6. The molecule has 3 aromatic rings. The highest BCUT2D eigenvalue weighted by atomic mass is 35.5. The molecular weight excluding hydrogens is 495 g/mol. The predicted octanol–water partition coefficient (Wildman–Crippen LogP) is 2.86. The molecule has 3 aliphatic heterocycles. The van der Waals surface area contributed by atoms with Gasteiger partial charge in [-0.05, 0) is 23.8 Å². The van der Waals surface area contributed by atoms with Crippen molar-refractivity contribution in [3.8, 4) is 11.8 Å². The third-order valence-electron chi connectivity index (χ3n) is 6.40. The number of nitrogens with one attached hydrogen (secondary N) is 2. The Morgan fingerprint density at radius 2 is 2.08 bits per heavy atom. The smallest absolute Gasteiger partial charge is 0.296 e. The molecule has 5 atom stereocenters. The maximum atomic E-state index is 15.0. The van der Waals surface area contributed by atoms with Crippen molar-refractivity contribution in [3.63, 3.8) is 0 Å². The number of nitrogens with zero attached hydrogens (tertiary/aromatic N) is 2. The van der Waals surface area contributed by atoms with Crippen molar-refractivity contribution in [2.24, 2.45) is 0 Å². The lowest BCUT2D eigenvalue weighted by Gasteiger charge is -2.15. The quantitative estimate of drug-likeness (QED) is 0.433. The number of ether oxygens (including phenoxy) is 5. The van der Waals surface area contributed by atoms with E-state index in [9.17, 15) is 9.50 Å². The number of aliphatic hydroxyl groups excluding tert-OH is 1. The number of H-pyrrole nitrogens is 1. The van der Waals surface area contributed by atoms with Gasteiger partial charge >= 0.3 is 0 Å². The molecule has 0 radical (unpaired) electrons. The average molecular weight is 519 g/mol. The van der Waals surface area contributed by atoms with Gasteiger partial charge in [0.2, 0.25) is 0 Å². The topological polar surface area (TPSA) is 120 Å². The zero-order valence-electron chi connectivity index (χ0n) is 19.2. The van der Waals surface area contributed by atoms with Gasteiger partial charge in [0.1, 0.15) is 42.3 Å². The summed E-state index contributed by atoms with van der Waals surface area (Å²) in [5.74, 6) is 0.427. The van der Waals surface area contributed by atoms with Crippen molar-refractivity contribution in [2.75, 3.05) is 38.9 Å². The number of hydrogen-bond acceptors (Lipinski definition) is 9. The van der Waals surface area contributed by atoms with Crippen LogP contribution < -0.4 is 14.8 Å². The van der Waals surface area contributed by atoms with Crippen LogP contribution in [0.3, 0.4) is 0 Å². The van der Waals surface area contributed by atoms with Crippen molar-refractivity contribution in [2.45, 2.75) is 30.5 Å². The summed E-state index contributed by atoms with van der Waals surface area (Å²) in [5.41, 5.74) is 2.04. The minimum absolute atomic E-state index is 0.210. The molecule has 0 bridgehead atoms. The second-order valence-corrected chi connectivity index (χ2v) is 9.24. The van der Waals surface area contributed by atoms with Crippen molar-refractivity contribution >= 4 is 34.7 Å². The summed E-state index contributed by atoms with van der Waals surface area (Å²) in [6.45, 7) is 1.14. The van der Waals surface area contributed by atoms with Crippen LogP contribution in [0.1, 0.15) is 17.2 Å². The van der Waals surface area contributed by atoms with E-state index in [4.69, 9.17) is 35.3 Å². The highest BCUT2D eigenvalue weighted by Gasteiger charge is 2.48. The standard InChI is InChI=1S/C24H24ClFN4O6/c1-32-4-2-3-11-5-13(26)19-15(8-33-17(19)6-11)27-22-12(25)7-14-23(29-22)30-24(28-14)36-18-10-35-20-16(31)9-34-21(18)20/h2-3,5-7,15-16,18,20-21,31H,4,8-10H2,1H3,(H2,27,28,29,30)/b3-2+/t15-,16?,18-,20-,21-/m1/s1. The van der Waals surface area contributed by atoms with Gasteiger partial charge in [0.25, 0.3) is 6.01 Å². The zero-order valence-corrected chi connectivity index (χ0v) is 20.0. The molecule has 0 amide bonds. The van der Waals surface area contributed by atoms with E-state index in [1.54, 1.807) is 31.4 Å². The molecule has 2 aromatic heterocycles. The van der Waals surface area contributed by atoms with Crippen molar-refractivity contribution in [1.29, 1.82) is 0 Å². The normalized spacial score (nSPS) is 26.9. The number of aromatic amines is 1. The highest BCUT2D eigenvalue weighted by molar-refractivity contribution is 6.33. The molecule has 36 heavy (non-hydrogen) atoms. The predicted molar refractivity (Wildman–Crippen MR) is 128 cm³/mol. The van der Waals surface area contributed by atoms with Crippen LogP contribution in [0.2, 0.25) is 5.02 Å². The minimum Gasteiger partial charge on any atom is -0.491 e. The van der Waals surface area contributed by atoms with Crippen LogP contribution in [0.5, 0.6) is 11.8 Å². The Balaban J connectivity index is 1.20. The number of methoxy groups -OCH3 is 1. The number of aromatic nitrogens is 3. The first-order valence-corrected chi connectivity index (χ1v) is 11.9. The molecule has 0 spiro atoms. The fourth-order valence-corrected chi connectivity index (χ4v) is 4.93. The number of rotatable bonds is 7. The second kappa shape index (κ2) is 9.49. The number of anilines is 1. The minimum atomic E-state index is -0.665. The first-order chi connectivity index (χ1) is 17.5. The number of hydrogen-bond donors (Lipinski definition) is 3. The van der Waals surface area contributed by atoms with Gasteiger partial charge in [-0.25, -0.2) is 9.37 Å². The van der Waals surface area contributed by atoms with E-state index in [1.165, 1.54) is 6.07 Å². The fraction of sp³-hybridized carbons (Fsp3) is 0.417. The van der Waals surface area contributed by atoms with Crippen LogP contribution in [-0.2, 0) is 14.2 Å². The SMILES string of the molecule is COC/C=C/c1cc(F)c2c(c1)OC[C@H]2Nc1nc2nc(O[C@@H]3CO[C@@H]4C(O)CO[C@@H]43)[nH]c2cc1Cl.